The van der Waals surface area contributed by atoms with E-state index in [-0.39, 0.29) is 16.3 Å². The van der Waals surface area contributed by atoms with E-state index in [0.717, 1.165) is 33.0 Å². The third-order valence-electron chi connectivity index (χ3n) is 8.63. The lowest BCUT2D eigenvalue weighted by molar-refractivity contribution is 0.591. The zero-order valence-corrected chi connectivity index (χ0v) is 24.1. The van der Waals surface area contributed by atoms with Gasteiger partial charge in [-0.3, -0.25) is 4.79 Å². The first-order valence-corrected chi connectivity index (χ1v) is 14.2. The molecule has 0 atom stereocenters. The van der Waals surface area contributed by atoms with Crippen molar-refractivity contribution in [3.8, 4) is 22.3 Å². The first kappa shape index (κ1) is 24.8. The molecule has 0 N–H and O–H groups in total. The van der Waals surface area contributed by atoms with Gasteiger partial charge >= 0.3 is 0 Å². The lowest BCUT2D eigenvalue weighted by atomic mass is 9.79. The van der Waals surface area contributed by atoms with Gasteiger partial charge in [0, 0.05) is 21.9 Å². The summed E-state index contributed by atoms with van der Waals surface area (Å²) in [6.45, 7) is 13.6. The first-order valence-electron chi connectivity index (χ1n) is 14.2. The van der Waals surface area contributed by atoms with Gasteiger partial charge in [0.25, 0.3) is 0 Å². The Kier molecular flexibility index (Phi) is 5.20. The van der Waals surface area contributed by atoms with Crippen molar-refractivity contribution in [2.75, 3.05) is 0 Å². The number of rotatable bonds is 2. The van der Waals surface area contributed by atoms with Crippen LogP contribution in [0.1, 0.15) is 52.7 Å². The quantitative estimate of drug-likeness (QED) is 0.208. The summed E-state index contributed by atoms with van der Waals surface area (Å²) in [6.07, 6.45) is 0. The zero-order chi connectivity index (χ0) is 28.0. The molecule has 0 aromatic heterocycles. The highest BCUT2D eigenvalue weighted by molar-refractivity contribution is 6.38. The van der Waals surface area contributed by atoms with Gasteiger partial charge in [-0.25, -0.2) is 0 Å². The largest absolute Gasteiger partial charge is 0.289 e. The molecule has 0 heterocycles. The van der Waals surface area contributed by atoms with Crippen LogP contribution in [0.4, 0.5) is 0 Å². The van der Waals surface area contributed by atoms with E-state index < -0.39 is 0 Å². The third-order valence-corrected chi connectivity index (χ3v) is 8.63. The van der Waals surface area contributed by atoms with Crippen molar-refractivity contribution in [1.29, 1.82) is 0 Å². The van der Waals surface area contributed by atoms with Crippen molar-refractivity contribution in [1.82, 2.24) is 0 Å². The maximum Gasteiger partial charge on any atom is 0.195 e. The molecule has 196 valence electrons. The molecular weight excluding hydrogens is 484 g/mol. The minimum absolute atomic E-state index is 0.0295. The van der Waals surface area contributed by atoms with E-state index in [4.69, 9.17) is 0 Å². The fourth-order valence-corrected chi connectivity index (χ4v) is 6.49. The Morgan fingerprint density at radius 2 is 0.825 bits per heavy atom. The minimum Gasteiger partial charge on any atom is -0.289 e. The number of fused-ring (bicyclic) bond motifs is 3. The van der Waals surface area contributed by atoms with Crippen molar-refractivity contribution in [3.05, 3.63) is 118 Å². The molecule has 7 aromatic rings. The average molecular weight is 519 g/mol. The Morgan fingerprint density at radius 1 is 0.450 bits per heavy atom. The smallest absolute Gasteiger partial charge is 0.195 e. The van der Waals surface area contributed by atoms with Gasteiger partial charge in [-0.15, -0.1) is 0 Å². The zero-order valence-electron chi connectivity index (χ0n) is 24.1. The van der Waals surface area contributed by atoms with E-state index in [2.05, 4.69) is 102 Å². The maximum absolute atomic E-state index is 14.7. The number of hydrogen-bond donors (Lipinski definition) is 0. The van der Waals surface area contributed by atoms with Crippen LogP contribution >= 0.6 is 0 Å². The third kappa shape index (κ3) is 3.57. The predicted molar refractivity (Wildman–Crippen MR) is 173 cm³/mol. The van der Waals surface area contributed by atoms with Crippen LogP contribution in [0, 0.1) is 0 Å². The highest BCUT2D eigenvalue weighted by atomic mass is 16.1. The SMILES string of the molecule is CC(C)(C)c1cc2ccc3cc(C(C)(C)C)cc4c5c(-c6ccccc6)c(=O)c(-c6ccccc6)c5c(c1)c2c34. The summed E-state index contributed by atoms with van der Waals surface area (Å²) in [5, 5.41) is 9.51. The molecule has 0 bridgehead atoms. The lowest BCUT2D eigenvalue weighted by Crippen LogP contribution is -2.11. The summed E-state index contributed by atoms with van der Waals surface area (Å²) in [5.41, 5.74) is 6.19. The normalized spacial score (nSPS) is 12.8. The predicted octanol–water partition coefficient (Wildman–Crippen LogP) is 10.5. The van der Waals surface area contributed by atoms with E-state index in [0.29, 0.717) is 0 Å². The maximum atomic E-state index is 14.7. The van der Waals surface area contributed by atoms with Crippen molar-refractivity contribution >= 4 is 43.1 Å². The average Bonchev–Trinajstić information content (AvgIpc) is 3.24. The van der Waals surface area contributed by atoms with E-state index in [1.165, 1.54) is 43.4 Å². The van der Waals surface area contributed by atoms with E-state index in [1.807, 2.05) is 36.4 Å². The lowest BCUT2D eigenvalue weighted by Gasteiger charge is -2.24. The minimum atomic E-state index is -0.0295. The summed E-state index contributed by atoms with van der Waals surface area (Å²) in [6, 6.07) is 34.5. The molecule has 0 radical (unpaired) electrons. The van der Waals surface area contributed by atoms with Crippen LogP contribution in [-0.4, -0.2) is 0 Å². The second-order valence-electron chi connectivity index (χ2n) is 13.4. The number of hydrogen-bond acceptors (Lipinski definition) is 1. The van der Waals surface area contributed by atoms with Gasteiger partial charge in [-0.1, -0.05) is 126 Å². The molecule has 7 rings (SSSR count). The molecule has 0 spiro atoms. The van der Waals surface area contributed by atoms with Crippen LogP contribution in [0.2, 0.25) is 0 Å². The summed E-state index contributed by atoms with van der Waals surface area (Å²) in [4.78, 5) is 14.7. The second-order valence-corrected chi connectivity index (χ2v) is 13.4. The van der Waals surface area contributed by atoms with Crippen LogP contribution in [0.15, 0.2) is 102 Å². The van der Waals surface area contributed by atoms with Crippen LogP contribution in [0.5, 0.6) is 0 Å². The van der Waals surface area contributed by atoms with Crippen molar-refractivity contribution in [2.24, 2.45) is 0 Å². The monoisotopic (exact) mass is 518 g/mol. The Balaban J connectivity index is 1.85. The van der Waals surface area contributed by atoms with E-state index >= 15 is 0 Å². The summed E-state index contributed by atoms with van der Waals surface area (Å²) >= 11 is 0. The van der Waals surface area contributed by atoms with Gasteiger partial charge in [0.05, 0.1) is 0 Å². The van der Waals surface area contributed by atoms with Crippen LogP contribution in [0.3, 0.4) is 0 Å². The molecule has 7 aromatic carbocycles. The highest BCUT2D eigenvalue weighted by Crippen LogP contribution is 2.49. The molecule has 0 unspecified atom stereocenters. The van der Waals surface area contributed by atoms with Gasteiger partial charge in [-0.2, -0.15) is 0 Å². The van der Waals surface area contributed by atoms with Gasteiger partial charge in [0.1, 0.15) is 0 Å². The first-order chi connectivity index (χ1) is 19.0. The van der Waals surface area contributed by atoms with Gasteiger partial charge in [0.2, 0.25) is 0 Å². The Labute approximate surface area is 235 Å². The number of benzene rings is 6. The molecule has 0 saturated carbocycles. The van der Waals surface area contributed by atoms with Gasteiger partial charge in [0.15, 0.2) is 5.43 Å². The molecule has 0 fully saturated rings. The molecule has 0 saturated heterocycles. The fraction of sp³-hybridized carbons (Fsp3) is 0.205. The fourth-order valence-electron chi connectivity index (χ4n) is 6.49. The summed E-state index contributed by atoms with van der Waals surface area (Å²) < 4.78 is 0. The topological polar surface area (TPSA) is 17.1 Å². The molecule has 0 aliphatic heterocycles. The van der Waals surface area contributed by atoms with Crippen LogP contribution < -0.4 is 5.43 Å². The highest BCUT2D eigenvalue weighted by Gasteiger charge is 2.28. The van der Waals surface area contributed by atoms with Crippen LogP contribution in [-0.2, 0) is 10.8 Å². The van der Waals surface area contributed by atoms with Crippen LogP contribution in [0.25, 0.3) is 65.3 Å². The van der Waals surface area contributed by atoms with Crippen molar-refractivity contribution in [3.63, 3.8) is 0 Å². The molecular formula is C39H34O. The molecule has 1 heteroatoms. The molecule has 1 nitrogen and oxygen atoms in total. The molecule has 0 amide bonds. The van der Waals surface area contributed by atoms with Gasteiger partial charge < -0.3 is 0 Å². The second kappa shape index (κ2) is 8.38. The van der Waals surface area contributed by atoms with Crippen molar-refractivity contribution < 1.29 is 0 Å². The van der Waals surface area contributed by atoms with Gasteiger partial charge in [-0.05, 0) is 77.5 Å². The Hall–Kier alpha value is -4.23. The standard InChI is InChI=1S/C39H34O/c1-38(2,3)27-19-25-17-18-26-20-28(39(4,5)6)22-30-32(26)31(25)29(21-27)35-33(23-13-9-7-10-14-23)37(40)34(36(30)35)24-15-11-8-12-16-24/h7-22H,1-6H3. The summed E-state index contributed by atoms with van der Waals surface area (Å²) in [5.74, 6) is 0. The Bertz CT molecular complexity index is 1950. The van der Waals surface area contributed by atoms with E-state index in [9.17, 15) is 4.79 Å². The molecule has 40 heavy (non-hydrogen) atoms. The Morgan fingerprint density at radius 3 is 1.18 bits per heavy atom. The van der Waals surface area contributed by atoms with Crippen molar-refractivity contribution in [2.45, 2.75) is 52.4 Å². The summed E-state index contributed by atoms with van der Waals surface area (Å²) in [7, 11) is 0. The molecule has 0 aliphatic carbocycles. The molecule has 0 aliphatic rings. The van der Waals surface area contributed by atoms with E-state index in [1.54, 1.807) is 0 Å².